The van der Waals surface area contributed by atoms with Crippen LogP contribution < -0.4 is 10.0 Å². The van der Waals surface area contributed by atoms with E-state index in [2.05, 4.69) is 10.0 Å². The predicted octanol–water partition coefficient (Wildman–Crippen LogP) is 5.23. The van der Waals surface area contributed by atoms with Crippen LogP contribution in [0.4, 0.5) is 11.4 Å². The summed E-state index contributed by atoms with van der Waals surface area (Å²) in [5.74, 6) is -0.285. The van der Waals surface area contributed by atoms with Gasteiger partial charge >= 0.3 is 0 Å². The van der Waals surface area contributed by atoms with Crippen LogP contribution in [0.15, 0.2) is 65.6 Å². The molecule has 0 radical (unpaired) electrons. The zero-order valence-electron chi connectivity index (χ0n) is 17.6. The molecular formula is C24H26N2O3S. The lowest BCUT2D eigenvalue weighted by Gasteiger charge is -2.14. The summed E-state index contributed by atoms with van der Waals surface area (Å²) in [5.41, 5.74) is 5.06. The minimum absolute atomic E-state index is 0.227. The quantitative estimate of drug-likeness (QED) is 0.571. The molecule has 0 saturated heterocycles. The van der Waals surface area contributed by atoms with Gasteiger partial charge in [-0.15, -0.1) is 0 Å². The van der Waals surface area contributed by atoms with Crippen LogP contribution >= 0.6 is 0 Å². The van der Waals surface area contributed by atoms with E-state index in [9.17, 15) is 13.2 Å². The van der Waals surface area contributed by atoms with Gasteiger partial charge in [-0.05, 0) is 73.7 Å². The molecule has 0 bridgehead atoms. The lowest BCUT2D eigenvalue weighted by molar-refractivity contribution is 0.102. The van der Waals surface area contributed by atoms with Crippen molar-refractivity contribution in [2.75, 3.05) is 10.0 Å². The van der Waals surface area contributed by atoms with Crippen LogP contribution in [0.2, 0.25) is 0 Å². The summed E-state index contributed by atoms with van der Waals surface area (Å²) in [4.78, 5) is 13.1. The zero-order chi connectivity index (χ0) is 21.9. The van der Waals surface area contributed by atoms with Gasteiger partial charge < -0.3 is 5.32 Å². The van der Waals surface area contributed by atoms with Gasteiger partial charge in [0.25, 0.3) is 15.9 Å². The largest absolute Gasteiger partial charge is 0.321 e. The summed E-state index contributed by atoms with van der Waals surface area (Å²) >= 11 is 0. The number of hydrogen-bond donors (Lipinski definition) is 2. The number of sulfonamides is 1. The first-order valence-corrected chi connectivity index (χ1v) is 11.3. The van der Waals surface area contributed by atoms with Crippen molar-refractivity contribution in [3.63, 3.8) is 0 Å². The highest BCUT2D eigenvalue weighted by molar-refractivity contribution is 7.92. The number of anilines is 2. The average molecular weight is 423 g/mol. The summed E-state index contributed by atoms with van der Waals surface area (Å²) in [5, 5.41) is 2.97. The van der Waals surface area contributed by atoms with E-state index in [1.165, 1.54) is 0 Å². The summed E-state index contributed by atoms with van der Waals surface area (Å²) in [7, 11) is -3.77. The molecule has 3 aromatic carbocycles. The fraction of sp³-hybridized carbons (Fsp3) is 0.208. The van der Waals surface area contributed by atoms with Gasteiger partial charge in [-0.1, -0.05) is 43.3 Å². The van der Waals surface area contributed by atoms with Crippen molar-refractivity contribution in [3.8, 4) is 0 Å². The standard InChI is InChI=1S/C24H26N2O3S/c1-5-19-9-6-8-18(4)23(19)25-24(27)20-10-7-11-21(15-20)26-30(28,29)22-14-16(2)12-13-17(22)3/h6-15,26H,5H2,1-4H3,(H,25,27). The maximum absolute atomic E-state index is 12.9. The van der Waals surface area contributed by atoms with Crippen LogP contribution in [0.1, 0.15) is 39.5 Å². The highest BCUT2D eigenvalue weighted by atomic mass is 32.2. The fourth-order valence-electron chi connectivity index (χ4n) is 3.32. The number of rotatable bonds is 6. The number of nitrogens with one attached hydrogen (secondary N) is 2. The molecule has 0 aliphatic carbocycles. The Labute approximate surface area is 178 Å². The topological polar surface area (TPSA) is 75.3 Å². The summed E-state index contributed by atoms with van der Waals surface area (Å²) in [6.07, 6.45) is 0.799. The third kappa shape index (κ3) is 4.71. The molecule has 0 heterocycles. The van der Waals surface area contributed by atoms with Crippen molar-refractivity contribution in [2.24, 2.45) is 0 Å². The highest BCUT2D eigenvalue weighted by Crippen LogP contribution is 2.24. The average Bonchev–Trinajstić information content (AvgIpc) is 2.71. The predicted molar refractivity (Wildman–Crippen MR) is 122 cm³/mol. The van der Waals surface area contributed by atoms with Gasteiger partial charge in [0.2, 0.25) is 0 Å². The number of amides is 1. The first kappa shape index (κ1) is 21.6. The Morgan fingerprint density at radius 2 is 1.63 bits per heavy atom. The third-order valence-electron chi connectivity index (χ3n) is 4.99. The van der Waals surface area contributed by atoms with E-state index in [1.807, 2.05) is 45.0 Å². The SMILES string of the molecule is CCc1cccc(C)c1NC(=O)c1cccc(NS(=O)(=O)c2cc(C)ccc2C)c1. The van der Waals surface area contributed by atoms with E-state index in [-0.39, 0.29) is 10.8 Å². The highest BCUT2D eigenvalue weighted by Gasteiger charge is 2.18. The number of carbonyl (C=O) groups excluding carboxylic acids is 1. The molecule has 1 amide bonds. The van der Waals surface area contributed by atoms with Crippen molar-refractivity contribution in [1.82, 2.24) is 0 Å². The minimum atomic E-state index is -3.77. The Morgan fingerprint density at radius 3 is 2.37 bits per heavy atom. The summed E-state index contributed by atoms with van der Waals surface area (Å²) in [6.45, 7) is 7.58. The molecule has 0 fully saturated rings. The van der Waals surface area contributed by atoms with Gasteiger partial charge in [0.15, 0.2) is 0 Å². The second-order valence-electron chi connectivity index (χ2n) is 7.37. The smallest absolute Gasteiger partial charge is 0.262 e. The Kier molecular flexibility index (Phi) is 6.27. The first-order valence-electron chi connectivity index (χ1n) is 9.81. The number of aryl methyl sites for hydroxylation is 4. The van der Waals surface area contributed by atoms with Gasteiger partial charge in [0, 0.05) is 16.9 Å². The van der Waals surface area contributed by atoms with Crippen LogP contribution in [0.3, 0.4) is 0 Å². The molecule has 0 aliphatic rings. The minimum Gasteiger partial charge on any atom is -0.321 e. The lowest BCUT2D eigenvalue weighted by Crippen LogP contribution is -2.17. The van der Waals surface area contributed by atoms with E-state index < -0.39 is 10.0 Å². The van der Waals surface area contributed by atoms with Gasteiger partial charge in [0.05, 0.1) is 4.90 Å². The van der Waals surface area contributed by atoms with Gasteiger partial charge in [0.1, 0.15) is 0 Å². The monoisotopic (exact) mass is 422 g/mol. The molecule has 156 valence electrons. The molecule has 3 rings (SSSR count). The van der Waals surface area contributed by atoms with Gasteiger partial charge in [-0.25, -0.2) is 8.42 Å². The van der Waals surface area contributed by atoms with Crippen molar-refractivity contribution >= 4 is 27.3 Å². The summed E-state index contributed by atoms with van der Waals surface area (Å²) in [6, 6.07) is 17.7. The molecule has 0 aliphatic heterocycles. The van der Waals surface area contributed by atoms with Crippen LogP contribution in [0.5, 0.6) is 0 Å². The van der Waals surface area contributed by atoms with Crippen molar-refractivity contribution in [1.29, 1.82) is 0 Å². The fourth-order valence-corrected chi connectivity index (χ4v) is 4.70. The van der Waals surface area contributed by atoms with E-state index in [4.69, 9.17) is 0 Å². The van der Waals surface area contributed by atoms with Crippen molar-refractivity contribution in [2.45, 2.75) is 39.0 Å². The molecule has 0 unspecified atom stereocenters. The molecule has 30 heavy (non-hydrogen) atoms. The number of carbonyl (C=O) groups is 1. The lowest BCUT2D eigenvalue weighted by atomic mass is 10.1. The molecule has 0 atom stereocenters. The third-order valence-corrected chi connectivity index (χ3v) is 6.51. The van der Waals surface area contributed by atoms with E-state index >= 15 is 0 Å². The Morgan fingerprint density at radius 1 is 0.900 bits per heavy atom. The normalized spacial score (nSPS) is 11.2. The van der Waals surface area contributed by atoms with Gasteiger partial charge in [-0.3, -0.25) is 9.52 Å². The number of hydrogen-bond acceptors (Lipinski definition) is 3. The molecule has 0 saturated carbocycles. The molecule has 5 nitrogen and oxygen atoms in total. The second kappa shape index (κ2) is 8.71. The molecule has 0 spiro atoms. The molecule has 2 N–H and O–H groups in total. The van der Waals surface area contributed by atoms with Crippen LogP contribution in [0, 0.1) is 20.8 Å². The Bertz CT molecular complexity index is 1200. The second-order valence-corrected chi connectivity index (χ2v) is 9.02. The van der Waals surface area contributed by atoms with E-state index in [1.54, 1.807) is 43.3 Å². The molecular weight excluding hydrogens is 396 g/mol. The van der Waals surface area contributed by atoms with Crippen LogP contribution in [-0.2, 0) is 16.4 Å². The van der Waals surface area contributed by atoms with Crippen molar-refractivity contribution < 1.29 is 13.2 Å². The number of benzene rings is 3. The van der Waals surface area contributed by atoms with Gasteiger partial charge in [-0.2, -0.15) is 0 Å². The number of para-hydroxylation sites is 1. The Balaban J connectivity index is 1.86. The molecule has 3 aromatic rings. The Hall–Kier alpha value is -3.12. The van der Waals surface area contributed by atoms with E-state index in [0.717, 1.165) is 28.8 Å². The van der Waals surface area contributed by atoms with Crippen LogP contribution in [-0.4, -0.2) is 14.3 Å². The maximum Gasteiger partial charge on any atom is 0.262 e. The molecule has 6 heteroatoms. The molecule has 0 aromatic heterocycles. The van der Waals surface area contributed by atoms with E-state index in [0.29, 0.717) is 16.8 Å². The summed E-state index contributed by atoms with van der Waals surface area (Å²) < 4.78 is 28.3. The maximum atomic E-state index is 12.9. The first-order chi connectivity index (χ1) is 14.2. The zero-order valence-corrected chi connectivity index (χ0v) is 18.4. The van der Waals surface area contributed by atoms with Crippen molar-refractivity contribution in [3.05, 3.63) is 88.5 Å². The van der Waals surface area contributed by atoms with Crippen LogP contribution in [0.25, 0.3) is 0 Å².